The van der Waals surface area contributed by atoms with Gasteiger partial charge >= 0.3 is 5.97 Å². The van der Waals surface area contributed by atoms with Crippen molar-refractivity contribution in [3.8, 4) is 0 Å². The molecule has 0 heterocycles. The smallest absolute Gasteiger partial charge is 0.330 e. The summed E-state index contributed by atoms with van der Waals surface area (Å²) in [6.45, 7) is 7.76. The summed E-state index contributed by atoms with van der Waals surface area (Å²) in [5.41, 5.74) is -0.935. The maximum absolute atomic E-state index is 12.6. The highest BCUT2D eigenvalue weighted by Gasteiger charge is 2.66. The van der Waals surface area contributed by atoms with Gasteiger partial charge in [0.05, 0.1) is 6.10 Å². The molecule has 1 saturated carbocycles. The quantitative estimate of drug-likeness (QED) is 0.864. The zero-order chi connectivity index (χ0) is 17.4. The van der Waals surface area contributed by atoms with Crippen LogP contribution in [-0.4, -0.2) is 35.2 Å². The van der Waals surface area contributed by atoms with Crippen molar-refractivity contribution in [3.05, 3.63) is 34.3 Å². The summed E-state index contributed by atoms with van der Waals surface area (Å²) in [6, 6.07) is 4.98. The van der Waals surface area contributed by atoms with Gasteiger partial charge in [-0.3, -0.25) is 4.79 Å². The number of carbonyl (C=O) groups excluding carboxylic acids is 1. The first-order valence-electron chi connectivity index (χ1n) is 7.59. The molecule has 23 heavy (non-hydrogen) atoms. The third-order valence-corrected chi connectivity index (χ3v) is 5.14. The summed E-state index contributed by atoms with van der Waals surface area (Å²) in [5.74, 6) is -1.48. The molecule has 5 nitrogen and oxygen atoms in total. The largest absolute Gasteiger partial charge is 0.479 e. The standard InChI is InChI=1S/C17H22ClNO4/c1-5-23-13-9-17(15(21)22,16(13,3)4)19-14(20)12-8-11(18)7-6-10(12)2/h6-8,13H,5,9H2,1-4H3,(H,19,20)(H,21,22). The highest BCUT2D eigenvalue weighted by atomic mass is 35.5. The summed E-state index contributed by atoms with van der Waals surface area (Å²) in [5, 5.41) is 12.9. The molecule has 126 valence electrons. The van der Waals surface area contributed by atoms with Gasteiger partial charge in [-0.05, 0) is 31.5 Å². The van der Waals surface area contributed by atoms with Crippen LogP contribution in [0.3, 0.4) is 0 Å². The van der Waals surface area contributed by atoms with Crippen molar-refractivity contribution in [1.82, 2.24) is 5.32 Å². The molecular weight excluding hydrogens is 318 g/mol. The first-order valence-corrected chi connectivity index (χ1v) is 7.97. The van der Waals surface area contributed by atoms with Crippen LogP contribution < -0.4 is 5.32 Å². The minimum Gasteiger partial charge on any atom is -0.479 e. The summed E-state index contributed by atoms with van der Waals surface area (Å²) in [7, 11) is 0. The number of rotatable bonds is 5. The van der Waals surface area contributed by atoms with Gasteiger partial charge < -0.3 is 15.2 Å². The summed E-state index contributed by atoms with van der Waals surface area (Å²) in [6.07, 6.45) is 0.0403. The van der Waals surface area contributed by atoms with E-state index in [0.717, 1.165) is 5.56 Å². The number of benzene rings is 1. The maximum atomic E-state index is 12.6. The van der Waals surface area contributed by atoms with Gasteiger partial charge in [-0.15, -0.1) is 0 Å². The number of carboxylic acids is 1. The number of ether oxygens (including phenoxy) is 1. The van der Waals surface area contributed by atoms with Crippen molar-refractivity contribution < 1.29 is 19.4 Å². The van der Waals surface area contributed by atoms with E-state index in [-0.39, 0.29) is 12.5 Å². The lowest BCUT2D eigenvalue weighted by molar-refractivity contribution is -0.190. The number of amides is 1. The number of nitrogens with one attached hydrogen (secondary N) is 1. The molecule has 6 heteroatoms. The highest BCUT2D eigenvalue weighted by molar-refractivity contribution is 6.31. The Morgan fingerprint density at radius 1 is 1.43 bits per heavy atom. The normalized spacial score (nSPS) is 25.5. The predicted molar refractivity (Wildman–Crippen MR) is 87.8 cm³/mol. The Hall–Kier alpha value is -1.59. The monoisotopic (exact) mass is 339 g/mol. The molecule has 1 amide bonds. The molecule has 2 unspecified atom stereocenters. The highest BCUT2D eigenvalue weighted by Crippen LogP contribution is 2.51. The number of aryl methyl sites for hydroxylation is 1. The SMILES string of the molecule is CCOC1CC(NC(=O)c2cc(Cl)ccc2C)(C(=O)O)C1(C)C. The van der Waals surface area contributed by atoms with Crippen LogP contribution in [0, 0.1) is 12.3 Å². The van der Waals surface area contributed by atoms with Gasteiger partial charge in [-0.1, -0.05) is 31.5 Å². The summed E-state index contributed by atoms with van der Waals surface area (Å²) >= 11 is 5.95. The van der Waals surface area contributed by atoms with Crippen LogP contribution in [-0.2, 0) is 9.53 Å². The first kappa shape index (κ1) is 17.8. The van der Waals surface area contributed by atoms with Crippen molar-refractivity contribution in [2.75, 3.05) is 6.61 Å². The molecule has 0 bridgehead atoms. The fraction of sp³-hybridized carbons (Fsp3) is 0.529. The zero-order valence-electron chi connectivity index (χ0n) is 13.8. The Kier molecular flexibility index (Phi) is 4.74. The Bertz CT molecular complexity index is 643. The minimum atomic E-state index is -1.35. The lowest BCUT2D eigenvalue weighted by Gasteiger charge is -2.58. The molecule has 1 aliphatic carbocycles. The molecule has 0 radical (unpaired) electrons. The third kappa shape index (κ3) is 2.83. The van der Waals surface area contributed by atoms with Gasteiger partial charge in [0.15, 0.2) is 0 Å². The molecule has 1 fully saturated rings. The van der Waals surface area contributed by atoms with Gasteiger partial charge in [-0.2, -0.15) is 0 Å². The molecule has 2 rings (SSSR count). The van der Waals surface area contributed by atoms with E-state index in [0.29, 0.717) is 17.2 Å². The Balaban J connectivity index is 2.30. The van der Waals surface area contributed by atoms with Crippen LogP contribution in [0.4, 0.5) is 0 Å². The second-order valence-corrected chi connectivity index (χ2v) is 6.93. The van der Waals surface area contributed by atoms with Gasteiger partial charge in [0.1, 0.15) is 5.54 Å². The number of aliphatic carboxylic acids is 1. The molecule has 0 spiro atoms. The van der Waals surface area contributed by atoms with E-state index in [4.69, 9.17) is 16.3 Å². The summed E-state index contributed by atoms with van der Waals surface area (Å²) < 4.78 is 5.59. The van der Waals surface area contributed by atoms with E-state index in [1.165, 1.54) is 0 Å². The van der Waals surface area contributed by atoms with Gasteiger partial charge in [0, 0.05) is 29.0 Å². The van der Waals surface area contributed by atoms with Crippen molar-refractivity contribution in [3.63, 3.8) is 0 Å². The van der Waals surface area contributed by atoms with E-state index in [9.17, 15) is 14.7 Å². The Morgan fingerprint density at radius 2 is 2.09 bits per heavy atom. The second-order valence-electron chi connectivity index (χ2n) is 6.49. The van der Waals surface area contributed by atoms with E-state index in [1.807, 2.05) is 6.92 Å². The third-order valence-electron chi connectivity index (χ3n) is 4.90. The average Bonchev–Trinajstić information content (AvgIpc) is 2.47. The zero-order valence-corrected chi connectivity index (χ0v) is 14.5. The lowest BCUT2D eigenvalue weighted by Crippen LogP contribution is -2.76. The molecule has 1 aliphatic rings. The van der Waals surface area contributed by atoms with Crippen LogP contribution >= 0.6 is 11.6 Å². The number of hydrogen-bond donors (Lipinski definition) is 2. The Labute approximate surface area is 141 Å². The fourth-order valence-corrected chi connectivity index (χ4v) is 3.31. The maximum Gasteiger partial charge on any atom is 0.330 e. The van der Waals surface area contributed by atoms with Gasteiger partial charge in [0.25, 0.3) is 5.91 Å². The fourth-order valence-electron chi connectivity index (χ4n) is 3.14. The van der Waals surface area contributed by atoms with E-state index >= 15 is 0 Å². The second kappa shape index (κ2) is 6.13. The van der Waals surface area contributed by atoms with Crippen LogP contribution in [0.2, 0.25) is 5.02 Å². The van der Waals surface area contributed by atoms with E-state index in [1.54, 1.807) is 39.0 Å². The molecule has 2 N–H and O–H groups in total. The first-order chi connectivity index (χ1) is 10.7. The molecule has 2 atom stereocenters. The molecule has 0 aliphatic heterocycles. The number of carboxylic acid groups (broad SMARTS) is 1. The van der Waals surface area contributed by atoms with Crippen molar-refractivity contribution in [2.45, 2.75) is 45.8 Å². The topological polar surface area (TPSA) is 75.6 Å². The van der Waals surface area contributed by atoms with Gasteiger partial charge in [-0.25, -0.2) is 4.79 Å². The summed E-state index contributed by atoms with van der Waals surface area (Å²) in [4.78, 5) is 24.5. The molecule has 1 aromatic rings. The van der Waals surface area contributed by atoms with Crippen molar-refractivity contribution >= 4 is 23.5 Å². The number of carbonyl (C=O) groups is 2. The lowest BCUT2D eigenvalue weighted by atomic mass is 9.54. The van der Waals surface area contributed by atoms with Gasteiger partial charge in [0.2, 0.25) is 0 Å². The number of hydrogen-bond acceptors (Lipinski definition) is 3. The molecule has 0 saturated heterocycles. The average molecular weight is 340 g/mol. The predicted octanol–water partition coefficient (Wildman–Crippen LogP) is 3.04. The number of halogens is 1. The molecular formula is C17H22ClNO4. The minimum absolute atomic E-state index is 0.204. The molecule has 0 aromatic heterocycles. The van der Waals surface area contributed by atoms with Crippen LogP contribution in [0.5, 0.6) is 0 Å². The van der Waals surface area contributed by atoms with Crippen molar-refractivity contribution in [2.24, 2.45) is 5.41 Å². The Morgan fingerprint density at radius 3 is 2.61 bits per heavy atom. The van der Waals surface area contributed by atoms with E-state index in [2.05, 4.69) is 5.32 Å². The van der Waals surface area contributed by atoms with E-state index < -0.39 is 22.8 Å². The molecule has 1 aromatic carbocycles. The van der Waals surface area contributed by atoms with Crippen LogP contribution in [0.1, 0.15) is 43.1 Å². The van der Waals surface area contributed by atoms with Crippen LogP contribution in [0.25, 0.3) is 0 Å². The van der Waals surface area contributed by atoms with Crippen LogP contribution in [0.15, 0.2) is 18.2 Å². The van der Waals surface area contributed by atoms with Crippen molar-refractivity contribution in [1.29, 1.82) is 0 Å².